The third-order valence-corrected chi connectivity index (χ3v) is 3.06. The fourth-order valence-electron chi connectivity index (χ4n) is 2.40. The molecule has 0 aliphatic carbocycles. The van der Waals surface area contributed by atoms with Crippen molar-refractivity contribution in [2.45, 2.75) is 26.1 Å². The summed E-state index contributed by atoms with van der Waals surface area (Å²) in [5, 5.41) is 2.39. The molecular formula is C14H18F2N2O2. The molecule has 1 heterocycles. The van der Waals surface area contributed by atoms with Crippen LogP contribution in [0.2, 0.25) is 0 Å². The molecule has 1 amide bonds. The largest absolute Gasteiger partial charge is 0.373 e. The number of nitrogens with one attached hydrogen (secondary N) is 1. The molecule has 20 heavy (non-hydrogen) atoms. The van der Waals surface area contributed by atoms with Crippen molar-refractivity contribution in [1.29, 1.82) is 0 Å². The summed E-state index contributed by atoms with van der Waals surface area (Å²) in [6, 6.07) is 2.97. The van der Waals surface area contributed by atoms with Crippen LogP contribution in [0.3, 0.4) is 0 Å². The topological polar surface area (TPSA) is 41.6 Å². The predicted octanol–water partition coefficient (Wildman–Crippen LogP) is 2.01. The van der Waals surface area contributed by atoms with Gasteiger partial charge in [-0.2, -0.15) is 0 Å². The van der Waals surface area contributed by atoms with Crippen LogP contribution in [0.25, 0.3) is 0 Å². The summed E-state index contributed by atoms with van der Waals surface area (Å²) in [6.45, 7) is 5.29. The number of halogens is 2. The summed E-state index contributed by atoms with van der Waals surface area (Å²) in [5.41, 5.74) is -0.135. The number of rotatable bonds is 3. The Labute approximate surface area is 116 Å². The second kappa shape index (κ2) is 6.28. The summed E-state index contributed by atoms with van der Waals surface area (Å²) >= 11 is 0. The second-order valence-electron chi connectivity index (χ2n) is 5.12. The van der Waals surface area contributed by atoms with Gasteiger partial charge in [-0.15, -0.1) is 0 Å². The van der Waals surface area contributed by atoms with E-state index in [0.717, 1.165) is 18.2 Å². The normalized spacial score (nSPS) is 23.6. The van der Waals surface area contributed by atoms with Crippen LogP contribution in [0, 0.1) is 11.6 Å². The van der Waals surface area contributed by atoms with Crippen molar-refractivity contribution in [2.75, 3.05) is 25.0 Å². The van der Waals surface area contributed by atoms with E-state index in [9.17, 15) is 13.6 Å². The molecule has 0 bridgehead atoms. The molecule has 1 fully saturated rings. The van der Waals surface area contributed by atoms with Crippen molar-refractivity contribution >= 4 is 11.6 Å². The summed E-state index contributed by atoms with van der Waals surface area (Å²) in [7, 11) is 0. The first-order valence-electron chi connectivity index (χ1n) is 6.56. The van der Waals surface area contributed by atoms with E-state index in [1.807, 2.05) is 18.7 Å². The number of benzene rings is 1. The molecule has 6 heteroatoms. The van der Waals surface area contributed by atoms with Gasteiger partial charge in [0.2, 0.25) is 5.91 Å². The first kappa shape index (κ1) is 14.9. The minimum Gasteiger partial charge on any atom is -0.373 e. The van der Waals surface area contributed by atoms with Crippen molar-refractivity contribution < 1.29 is 18.3 Å². The standard InChI is InChI=1S/C14H18F2N2O2/c1-9-6-18(7-10(2)20-9)8-14(19)17-13-5-11(15)3-4-12(13)16/h3-5,9-10H,6-8H2,1-2H3,(H,17,19). The Kier molecular flexibility index (Phi) is 4.67. The molecule has 0 radical (unpaired) electrons. The van der Waals surface area contributed by atoms with Gasteiger partial charge < -0.3 is 10.1 Å². The van der Waals surface area contributed by atoms with E-state index in [1.54, 1.807) is 0 Å². The van der Waals surface area contributed by atoms with Gasteiger partial charge in [-0.25, -0.2) is 8.78 Å². The lowest BCUT2D eigenvalue weighted by Crippen LogP contribution is -2.48. The van der Waals surface area contributed by atoms with E-state index < -0.39 is 11.6 Å². The molecule has 2 rings (SSSR count). The molecule has 1 saturated heterocycles. The van der Waals surface area contributed by atoms with Crippen molar-refractivity contribution in [2.24, 2.45) is 0 Å². The molecule has 0 saturated carbocycles. The number of hydrogen-bond acceptors (Lipinski definition) is 3. The quantitative estimate of drug-likeness (QED) is 0.923. The van der Waals surface area contributed by atoms with Crippen LogP contribution < -0.4 is 5.32 Å². The Morgan fingerprint density at radius 3 is 2.65 bits per heavy atom. The Morgan fingerprint density at radius 1 is 1.35 bits per heavy atom. The molecular weight excluding hydrogens is 266 g/mol. The number of morpholine rings is 1. The first-order valence-corrected chi connectivity index (χ1v) is 6.56. The van der Waals surface area contributed by atoms with Gasteiger partial charge in [0.25, 0.3) is 0 Å². The van der Waals surface area contributed by atoms with Crippen LogP contribution in [0.15, 0.2) is 18.2 Å². The third kappa shape index (κ3) is 3.98. The number of ether oxygens (including phenoxy) is 1. The molecule has 2 unspecified atom stereocenters. The minimum absolute atomic E-state index is 0.0532. The maximum Gasteiger partial charge on any atom is 0.238 e. The Bertz CT molecular complexity index is 486. The van der Waals surface area contributed by atoms with E-state index in [1.165, 1.54) is 0 Å². The van der Waals surface area contributed by atoms with E-state index >= 15 is 0 Å². The lowest BCUT2D eigenvalue weighted by molar-refractivity contribution is -0.121. The van der Waals surface area contributed by atoms with Crippen molar-refractivity contribution in [3.05, 3.63) is 29.8 Å². The Balaban J connectivity index is 1.93. The zero-order valence-electron chi connectivity index (χ0n) is 11.5. The molecule has 2 atom stereocenters. The number of nitrogens with zero attached hydrogens (tertiary/aromatic N) is 1. The van der Waals surface area contributed by atoms with Gasteiger partial charge >= 0.3 is 0 Å². The average Bonchev–Trinajstić information content (AvgIpc) is 2.32. The van der Waals surface area contributed by atoms with Gasteiger partial charge in [-0.1, -0.05) is 0 Å². The molecule has 4 nitrogen and oxygen atoms in total. The zero-order chi connectivity index (χ0) is 14.7. The highest BCUT2D eigenvalue weighted by atomic mass is 19.1. The van der Waals surface area contributed by atoms with Crippen molar-refractivity contribution in [3.8, 4) is 0 Å². The number of amides is 1. The van der Waals surface area contributed by atoms with E-state index in [-0.39, 0.29) is 30.3 Å². The molecule has 1 aromatic carbocycles. The summed E-state index contributed by atoms with van der Waals surface area (Å²) in [5.74, 6) is -1.60. The maximum absolute atomic E-state index is 13.4. The molecule has 1 N–H and O–H groups in total. The Morgan fingerprint density at radius 2 is 2.00 bits per heavy atom. The summed E-state index contributed by atoms with van der Waals surface area (Å²) < 4.78 is 32.0. The van der Waals surface area contributed by atoms with E-state index in [2.05, 4.69) is 5.32 Å². The van der Waals surface area contributed by atoms with E-state index in [4.69, 9.17) is 4.74 Å². The van der Waals surface area contributed by atoms with Gasteiger partial charge in [-0.05, 0) is 26.0 Å². The molecule has 0 spiro atoms. The highest BCUT2D eigenvalue weighted by Gasteiger charge is 2.23. The highest BCUT2D eigenvalue weighted by molar-refractivity contribution is 5.92. The number of anilines is 1. The smallest absolute Gasteiger partial charge is 0.238 e. The SMILES string of the molecule is CC1CN(CC(=O)Nc2cc(F)ccc2F)CC(C)O1. The molecule has 1 aromatic rings. The van der Waals surface area contributed by atoms with Gasteiger partial charge in [0.1, 0.15) is 11.6 Å². The zero-order valence-corrected chi connectivity index (χ0v) is 11.5. The third-order valence-electron chi connectivity index (χ3n) is 3.06. The second-order valence-corrected chi connectivity index (χ2v) is 5.12. The van der Waals surface area contributed by atoms with E-state index in [0.29, 0.717) is 13.1 Å². The maximum atomic E-state index is 13.4. The van der Waals surface area contributed by atoms with Gasteiger partial charge in [-0.3, -0.25) is 9.69 Å². The molecule has 1 aliphatic heterocycles. The van der Waals surface area contributed by atoms with Gasteiger partial charge in [0, 0.05) is 19.2 Å². The number of carbonyl (C=O) groups is 1. The van der Waals surface area contributed by atoms with Gasteiger partial charge in [0.15, 0.2) is 0 Å². The fraction of sp³-hybridized carbons (Fsp3) is 0.500. The van der Waals surface area contributed by atoms with Crippen LogP contribution in [0.5, 0.6) is 0 Å². The van der Waals surface area contributed by atoms with Crippen LogP contribution in [0.4, 0.5) is 14.5 Å². The Hall–Kier alpha value is -1.53. The predicted molar refractivity (Wildman–Crippen MR) is 71.4 cm³/mol. The van der Waals surface area contributed by atoms with Crippen LogP contribution in [-0.4, -0.2) is 42.6 Å². The lowest BCUT2D eigenvalue weighted by Gasteiger charge is -2.34. The number of carbonyl (C=O) groups excluding carboxylic acids is 1. The monoisotopic (exact) mass is 284 g/mol. The first-order chi connectivity index (χ1) is 9.44. The van der Waals surface area contributed by atoms with Crippen LogP contribution in [0.1, 0.15) is 13.8 Å². The molecule has 1 aliphatic rings. The average molecular weight is 284 g/mol. The van der Waals surface area contributed by atoms with Crippen molar-refractivity contribution in [1.82, 2.24) is 4.90 Å². The van der Waals surface area contributed by atoms with Crippen LogP contribution >= 0.6 is 0 Å². The molecule has 110 valence electrons. The highest BCUT2D eigenvalue weighted by Crippen LogP contribution is 2.16. The lowest BCUT2D eigenvalue weighted by atomic mass is 10.2. The van der Waals surface area contributed by atoms with Crippen LogP contribution in [-0.2, 0) is 9.53 Å². The molecule has 0 aromatic heterocycles. The number of hydrogen-bond donors (Lipinski definition) is 1. The van der Waals surface area contributed by atoms with Crippen molar-refractivity contribution in [3.63, 3.8) is 0 Å². The fourth-order valence-corrected chi connectivity index (χ4v) is 2.40. The summed E-state index contributed by atoms with van der Waals surface area (Å²) in [6.07, 6.45) is 0.106. The summed E-state index contributed by atoms with van der Waals surface area (Å²) in [4.78, 5) is 13.8. The van der Waals surface area contributed by atoms with Gasteiger partial charge in [0.05, 0.1) is 24.4 Å². The minimum atomic E-state index is -0.650.